The molecule has 0 aliphatic carbocycles. The number of rotatable bonds is 9. The molecule has 0 unspecified atom stereocenters. The second-order valence-corrected chi connectivity index (χ2v) is 4.44. The van der Waals surface area contributed by atoms with Gasteiger partial charge in [0.25, 0.3) is 0 Å². The van der Waals surface area contributed by atoms with Crippen LogP contribution in [0.3, 0.4) is 0 Å². The molecule has 1 amide bonds. The Kier molecular flexibility index (Phi) is 7.86. The van der Waals surface area contributed by atoms with E-state index in [-0.39, 0.29) is 17.7 Å². The smallest absolute Gasteiger partial charge is 0.305 e. The molecule has 0 bridgehead atoms. The second kappa shape index (κ2) is 9.74. The topological polar surface area (TPSA) is 64.6 Å². The summed E-state index contributed by atoms with van der Waals surface area (Å²) in [6, 6.07) is 5.73. The third-order valence-electron chi connectivity index (χ3n) is 2.74. The summed E-state index contributed by atoms with van der Waals surface area (Å²) in [6.45, 7) is 0.841. The molecule has 0 saturated carbocycles. The molecule has 0 spiro atoms. The zero-order valence-electron chi connectivity index (χ0n) is 12.1. The minimum Gasteiger partial charge on any atom is -0.494 e. The van der Waals surface area contributed by atoms with Crippen LogP contribution < -0.4 is 10.1 Å². The lowest BCUT2D eigenvalue weighted by Crippen LogP contribution is -2.25. The third kappa shape index (κ3) is 7.91. The van der Waals surface area contributed by atoms with Gasteiger partial charge in [-0.3, -0.25) is 9.59 Å². The molecule has 0 atom stereocenters. The number of halogens is 1. The van der Waals surface area contributed by atoms with Crippen LogP contribution in [-0.2, 0) is 14.3 Å². The van der Waals surface area contributed by atoms with E-state index in [2.05, 4.69) is 10.1 Å². The highest BCUT2D eigenvalue weighted by Crippen LogP contribution is 2.11. The van der Waals surface area contributed by atoms with E-state index in [0.29, 0.717) is 44.6 Å². The Bertz CT molecular complexity index is 447. The number of hydrogen-bond donors (Lipinski definition) is 1. The number of methoxy groups -OCH3 is 1. The Balaban J connectivity index is 2.03. The van der Waals surface area contributed by atoms with Gasteiger partial charge in [0.1, 0.15) is 11.6 Å². The van der Waals surface area contributed by atoms with Gasteiger partial charge in [0.15, 0.2) is 0 Å². The first-order valence-electron chi connectivity index (χ1n) is 6.83. The van der Waals surface area contributed by atoms with E-state index in [1.807, 2.05) is 0 Å². The van der Waals surface area contributed by atoms with Crippen LogP contribution >= 0.6 is 0 Å². The van der Waals surface area contributed by atoms with Crippen LogP contribution in [-0.4, -0.2) is 32.1 Å². The molecule has 1 rings (SSSR count). The van der Waals surface area contributed by atoms with Crippen molar-refractivity contribution in [1.29, 1.82) is 0 Å². The molecule has 1 aromatic rings. The molecule has 0 heterocycles. The van der Waals surface area contributed by atoms with Crippen molar-refractivity contribution in [3.8, 4) is 5.75 Å². The van der Waals surface area contributed by atoms with Crippen molar-refractivity contribution >= 4 is 11.9 Å². The number of amides is 1. The Labute approximate surface area is 123 Å². The van der Waals surface area contributed by atoms with Crippen molar-refractivity contribution in [2.24, 2.45) is 0 Å². The zero-order chi connectivity index (χ0) is 15.5. The summed E-state index contributed by atoms with van der Waals surface area (Å²) in [4.78, 5) is 22.3. The number of benzene rings is 1. The number of ether oxygens (including phenoxy) is 2. The molecule has 116 valence electrons. The van der Waals surface area contributed by atoms with Crippen LogP contribution in [0.2, 0.25) is 0 Å². The predicted octanol–water partition coefficient (Wildman–Crippen LogP) is 2.05. The first kappa shape index (κ1) is 16.9. The van der Waals surface area contributed by atoms with E-state index in [0.717, 1.165) is 0 Å². The van der Waals surface area contributed by atoms with E-state index in [9.17, 15) is 14.0 Å². The molecule has 1 aromatic carbocycles. The van der Waals surface area contributed by atoms with Crippen molar-refractivity contribution in [2.45, 2.75) is 25.7 Å². The lowest BCUT2D eigenvalue weighted by atomic mass is 10.2. The highest BCUT2D eigenvalue weighted by Gasteiger charge is 2.03. The van der Waals surface area contributed by atoms with Gasteiger partial charge >= 0.3 is 5.97 Å². The van der Waals surface area contributed by atoms with Crippen LogP contribution in [0.25, 0.3) is 0 Å². The van der Waals surface area contributed by atoms with Crippen LogP contribution in [0.5, 0.6) is 5.75 Å². The summed E-state index contributed by atoms with van der Waals surface area (Å²) >= 11 is 0. The number of esters is 1. The van der Waals surface area contributed by atoms with Crippen molar-refractivity contribution in [3.63, 3.8) is 0 Å². The zero-order valence-corrected chi connectivity index (χ0v) is 12.1. The van der Waals surface area contributed by atoms with Crippen LogP contribution in [0.1, 0.15) is 25.7 Å². The fourth-order valence-corrected chi connectivity index (χ4v) is 1.60. The van der Waals surface area contributed by atoms with Crippen molar-refractivity contribution in [3.05, 3.63) is 30.1 Å². The highest BCUT2D eigenvalue weighted by atomic mass is 19.1. The van der Waals surface area contributed by atoms with E-state index < -0.39 is 0 Å². The molecular weight excluding hydrogens is 277 g/mol. The van der Waals surface area contributed by atoms with E-state index in [1.54, 1.807) is 12.1 Å². The standard InChI is InChI=1S/C15H20FNO4/c1-20-15(19)5-2-10-17-14(18)4-3-11-21-13-8-6-12(16)7-9-13/h6-9H,2-5,10-11H2,1H3,(H,17,18). The van der Waals surface area contributed by atoms with Gasteiger partial charge in [-0.2, -0.15) is 0 Å². The minimum absolute atomic E-state index is 0.0810. The maximum atomic E-state index is 12.7. The molecule has 0 aromatic heterocycles. The van der Waals surface area contributed by atoms with Gasteiger partial charge in [0.2, 0.25) is 5.91 Å². The Morgan fingerprint density at radius 1 is 1.14 bits per heavy atom. The Morgan fingerprint density at radius 2 is 1.86 bits per heavy atom. The van der Waals surface area contributed by atoms with Gasteiger partial charge in [-0.15, -0.1) is 0 Å². The normalized spacial score (nSPS) is 10.0. The number of carbonyl (C=O) groups excluding carboxylic acids is 2. The maximum absolute atomic E-state index is 12.7. The quantitative estimate of drug-likeness (QED) is 0.560. The lowest BCUT2D eigenvalue weighted by Gasteiger charge is -2.07. The molecule has 21 heavy (non-hydrogen) atoms. The predicted molar refractivity (Wildman–Crippen MR) is 75.4 cm³/mol. The number of carbonyl (C=O) groups is 2. The summed E-state index contributed by atoms with van der Waals surface area (Å²) in [5.74, 6) is -0.0944. The van der Waals surface area contributed by atoms with Crippen molar-refractivity contribution in [1.82, 2.24) is 5.32 Å². The monoisotopic (exact) mass is 297 g/mol. The van der Waals surface area contributed by atoms with E-state index >= 15 is 0 Å². The largest absolute Gasteiger partial charge is 0.494 e. The van der Waals surface area contributed by atoms with Gasteiger partial charge in [0.05, 0.1) is 13.7 Å². The second-order valence-electron chi connectivity index (χ2n) is 4.44. The van der Waals surface area contributed by atoms with E-state index in [1.165, 1.54) is 19.2 Å². The van der Waals surface area contributed by atoms with Crippen molar-refractivity contribution < 1.29 is 23.5 Å². The summed E-state index contributed by atoms with van der Waals surface area (Å²) in [7, 11) is 1.34. The molecular formula is C15H20FNO4. The fraction of sp³-hybridized carbons (Fsp3) is 0.467. The molecule has 6 heteroatoms. The van der Waals surface area contributed by atoms with Crippen LogP contribution in [0, 0.1) is 5.82 Å². The molecule has 0 fully saturated rings. The Hall–Kier alpha value is -2.11. The van der Waals surface area contributed by atoms with Gasteiger partial charge in [0, 0.05) is 19.4 Å². The molecule has 0 radical (unpaired) electrons. The highest BCUT2D eigenvalue weighted by molar-refractivity contribution is 5.75. The van der Waals surface area contributed by atoms with Crippen LogP contribution in [0.4, 0.5) is 4.39 Å². The van der Waals surface area contributed by atoms with E-state index in [4.69, 9.17) is 4.74 Å². The lowest BCUT2D eigenvalue weighted by molar-refractivity contribution is -0.140. The number of nitrogens with one attached hydrogen (secondary N) is 1. The van der Waals surface area contributed by atoms with Crippen LogP contribution in [0.15, 0.2) is 24.3 Å². The minimum atomic E-state index is -0.311. The molecule has 0 aliphatic rings. The summed E-state index contributed by atoms with van der Waals surface area (Å²) in [5, 5.41) is 2.72. The average Bonchev–Trinajstić information content (AvgIpc) is 2.49. The molecule has 0 saturated heterocycles. The summed E-state index contributed by atoms with van der Waals surface area (Å²) in [5.41, 5.74) is 0. The van der Waals surface area contributed by atoms with Gasteiger partial charge in [-0.05, 0) is 37.1 Å². The summed E-state index contributed by atoms with van der Waals surface area (Å²) < 4.78 is 22.5. The SMILES string of the molecule is COC(=O)CCCNC(=O)CCCOc1ccc(F)cc1. The summed E-state index contributed by atoms with van der Waals surface area (Å²) in [6.07, 6.45) is 1.77. The first-order valence-corrected chi connectivity index (χ1v) is 6.83. The van der Waals surface area contributed by atoms with Crippen molar-refractivity contribution in [2.75, 3.05) is 20.3 Å². The fourth-order valence-electron chi connectivity index (χ4n) is 1.60. The molecule has 5 nitrogen and oxygen atoms in total. The maximum Gasteiger partial charge on any atom is 0.305 e. The van der Waals surface area contributed by atoms with Gasteiger partial charge in [-0.25, -0.2) is 4.39 Å². The first-order chi connectivity index (χ1) is 10.1. The third-order valence-corrected chi connectivity index (χ3v) is 2.74. The molecule has 1 N–H and O–H groups in total. The average molecular weight is 297 g/mol. The van der Waals surface area contributed by atoms with Gasteiger partial charge < -0.3 is 14.8 Å². The molecule has 0 aliphatic heterocycles. The number of hydrogen-bond acceptors (Lipinski definition) is 4. The Morgan fingerprint density at radius 3 is 2.52 bits per heavy atom. The van der Waals surface area contributed by atoms with Gasteiger partial charge in [-0.1, -0.05) is 0 Å².